The molecule has 0 amide bonds. The number of aryl methyl sites for hydroxylation is 2. The highest BCUT2D eigenvalue weighted by Gasteiger charge is 2.16. The molecular weight excluding hydrogens is 248 g/mol. The van der Waals surface area contributed by atoms with Crippen LogP contribution < -0.4 is 0 Å². The van der Waals surface area contributed by atoms with E-state index >= 15 is 0 Å². The van der Waals surface area contributed by atoms with Gasteiger partial charge in [-0.3, -0.25) is 4.68 Å². The van der Waals surface area contributed by atoms with Gasteiger partial charge in [-0.1, -0.05) is 48.5 Å². The van der Waals surface area contributed by atoms with E-state index in [9.17, 15) is 5.11 Å². The third-order valence-electron chi connectivity index (χ3n) is 3.65. The molecule has 3 heteroatoms. The van der Waals surface area contributed by atoms with Crippen molar-refractivity contribution < 1.29 is 5.11 Å². The Labute approximate surface area is 118 Å². The number of aromatic nitrogens is 2. The van der Waals surface area contributed by atoms with Crippen LogP contribution in [0.5, 0.6) is 0 Å². The molecule has 1 atom stereocenters. The van der Waals surface area contributed by atoms with Crippen molar-refractivity contribution in [3.8, 4) is 0 Å². The van der Waals surface area contributed by atoms with Crippen LogP contribution in [0.2, 0.25) is 0 Å². The van der Waals surface area contributed by atoms with E-state index in [0.717, 1.165) is 23.0 Å². The van der Waals surface area contributed by atoms with Crippen LogP contribution in [0.3, 0.4) is 0 Å². The van der Waals surface area contributed by atoms with Crippen LogP contribution in [0.25, 0.3) is 10.9 Å². The second-order valence-corrected chi connectivity index (χ2v) is 5.07. The maximum Gasteiger partial charge on any atom is 0.0988 e. The zero-order chi connectivity index (χ0) is 13.9. The van der Waals surface area contributed by atoms with Crippen LogP contribution in [0.4, 0.5) is 0 Å². The smallest absolute Gasteiger partial charge is 0.0988 e. The first-order chi connectivity index (χ1) is 9.75. The fraction of sp³-hybridized carbons (Fsp3) is 0.235. The summed E-state index contributed by atoms with van der Waals surface area (Å²) in [5.41, 5.74) is 3.08. The Morgan fingerprint density at radius 2 is 1.75 bits per heavy atom. The van der Waals surface area contributed by atoms with Gasteiger partial charge in [0.05, 0.1) is 17.3 Å². The molecule has 0 saturated heterocycles. The largest absolute Gasteiger partial charge is 0.387 e. The van der Waals surface area contributed by atoms with Crippen LogP contribution in [0.1, 0.15) is 23.8 Å². The van der Waals surface area contributed by atoms with E-state index in [4.69, 9.17) is 0 Å². The number of aliphatic hydroxyl groups is 1. The Balaban J connectivity index is 1.81. The van der Waals surface area contributed by atoms with E-state index in [0.29, 0.717) is 6.42 Å². The lowest BCUT2D eigenvalue weighted by Crippen LogP contribution is -2.02. The molecule has 2 aromatic carbocycles. The molecule has 0 fully saturated rings. The summed E-state index contributed by atoms with van der Waals surface area (Å²) in [4.78, 5) is 0. The quantitative estimate of drug-likeness (QED) is 0.787. The minimum atomic E-state index is -0.527. The second kappa shape index (κ2) is 5.47. The van der Waals surface area contributed by atoms with Crippen LogP contribution in [-0.4, -0.2) is 14.9 Å². The number of hydrogen-bond donors (Lipinski definition) is 1. The van der Waals surface area contributed by atoms with Gasteiger partial charge in [-0.15, -0.1) is 0 Å². The summed E-state index contributed by atoms with van der Waals surface area (Å²) in [6.45, 7) is 0. The van der Waals surface area contributed by atoms with Crippen LogP contribution in [0.15, 0.2) is 54.6 Å². The maximum atomic E-state index is 10.4. The minimum absolute atomic E-state index is 0.527. The van der Waals surface area contributed by atoms with Crippen molar-refractivity contribution in [2.45, 2.75) is 18.9 Å². The Morgan fingerprint density at radius 1 is 1.05 bits per heavy atom. The number of fused-ring (bicyclic) bond motifs is 1. The third kappa shape index (κ3) is 2.45. The summed E-state index contributed by atoms with van der Waals surface area (Å²) >= 11 is 0. The molecule has 20 heavy (non-hydrogen) atoms. The monoisotopic (exact) mass is 266 g/mol. The zero-order valence-electron chi connectivity index (χ0n) is 11.5. The van der Waals surface area contributed by atoms with Gasteiger partial charge < -0.3 is 5.11 Å². The van der Waals surface area contributed by atoms with Crippen molar-refractivity contribution in [3.05, 3.63) is 65.9 Å². The molecular formula is C17H18N2O. The third-order valence-corrected chi connectivity index (χ3v) is 3.65. The average Bonchev–Trinajstić information content (AvgIpc) is 2.84. The molecule has 0 aliphatic rings. The molecule has 0 aliphatic carbocycles. The topological polar surface area (TPSA) is 38.0 Å². The van der Waals surface area contributed by atoms with E-state index in [1.807, 2.05) is 54.2 Å². The van der Waals surface area contributed by atoms with Crippen molar-refractivity contribution in [1.29, 1.82) is 0 Å². The highest BCUT2D eigenvalue weighted by molar-refractivity contribution is 5.82. The molecule has 0 saturated carbocycles. The van der Waals surface area contributed by atoms with Gasteiger partial charge in [-0.05, 0) is 24.5 Å². The van der Waals surface area contributed by atoms with Crippen molar-refractivity contribution in [3.63, 3.8) is 0 Å². The fourth-order valence-electron chi connectivity index (χ4n) is 2.57. The van der Waals surface area contributed by atoms with Gasteiger partial charge >= 0.3 is 0 Å². The van der Waals surface area contributed by atoms with Crippen molar-refractivity contribution >= 4 is 10.9 Å². The molecule has 0 bridgehead atoms. The molecule has 3 nitrogen and oxygen atoms in total. The van der Waals surface area contributed by atoms with Gasteiger partial charge in [0.25, 0.3) is 0 Å². The van der Waals surface area contributed by atoms with E-state index < -0.39 is 6.10 Å². The highest BCUT2D eigenvalue weighted by atomic mass is 16.3. The van der Waals surface area contributed by atoms with Gasteiger partial charge in [0.15, 0.2) is 0 Å². The van der Waals surface area contributed by atoms with E-state index in [1.165, 1.54) is 5.56 Å². The predicted octanol–water partition coefficient (Wildman–Crippen LogP) is 3.24. The lowest BCUT2D eigenvalue weighted by molar-refractivity contribution is 0.163. The summed E-state index contributed by atoms with van der Waals surface area (Å²) in [6.07, 6.45) is 1.01. The predicted molar refractivity (Wildman–Crippen MR) is 80.4 cm³/mol. The Bertz CT molecular complexity index is 703. The number of benzene rings is 2. The van der Waals surface area contributed by atoms with Gasteiger partial charge in [0.1, 0.15) is 0 Å². The van der Waals surface area contributed by atoms with Crippen LogP contribution in [0, 0.1) is 0 Å². The highest BCUT2D eigenvalue weighted by Crippen LogP contribution is 2.26. The summed E-state index contributed by atoms with van der Waals surface area (Å²) in [5.74, 6) is 0. The van der Waals surface area contributed by atoms with E-state index in [-0.39, 0.29) is 0 Å². The molecule has 3 aromatic rings. The van der Waals surface area contributed by atoms with Crippen molar-refractivity contribution in [2.75, 3.05) is 0 Å². The summed E-state index contributed by atoms with van der Waals surface area (Å²) in [7, 11) is 1.91. The lowest BCUT2D eigenvalue weighted by Gasteiger charge is -2.08. The lowest BCUT2D eigenvalue weighted by atomic mass is 10.0. The van der Waals surface area contributed by atoms with E-state index in [2.05, 4.69) is 17.2 Å². The number of rotatable bonds is 4. The molecule has 1 aromatic heterocycles. The first kappa shape index (κ1) is 12.9. The molecule has 0 aliphatic heterocycles. The Morgan fingerprint density at radius 3 is 2.55 bits per heavy atom. The summed E-state index contributed by atoms with van der Waals surface area (Å²) < 4.78 is 1.83. The van der Waals surface area contributed by atoms with Crippen molar-refractivity contribution in [1.82, 2.24) is 9.78 Å². The van der Waals surface area contributed by atoms with E-state index in [1.54, 1.807) is 0 Å². The number of para-hydroxylation sites is 1. The van der Waals surface area contributed by atoms with Gasteiger partial charge in [-0.2, -0.15) is 5.10 Å². The zero-order valence-corrected chi connectivity index (χ0v) is 11.5. The first-order valence-electron chi connectivity index (χ1n) is 6.89. The molecule has 0 radical (unpaired) electrons. The molecule has 1 N–H and O–H groups in total. The number of nitrogens with zero attached hydrogens (tertiary/aromatic N) is 2. The first-order valence-corrected chi connectivity index (χ1v) is 6.89. The molecule has 3 rings (SSSR count). The van der Waals surface area contributed by atoms with Gasteiger partial charge in [0.2, 0.25) is 0 Å². The van der Waals surface area contributed by atoms with Crippen LogP contribution in [-0.2, 0) is 13.5 Å². The Kier molecular flexibility index (Phi) is 3.52. The Hall–Kier alpha value is -2.13. The SMILES string of the molecule is Cn1nc(C(O)CCc2ccccc2)c2ccccc21. The van der Waals surface area contributed by atoms with Gasteiger partial charge in [-0.25, -0.2) is 0 Å². The standard InChI is InChI=1S/C17H18N2O/c1-19-15-10-6-5-9-14(15)17(18-19)16(20)12-11-13-7-3-2-4-8-13/h2-10,16,20H,11-12H2,1H3. The summed E-state index contributed by atoms with van der Waals surface area (Å²) in [5, 5.41) is 15.9. The summed E-state index contributed by atoms with van der Waals surface area (Å²) in [6, 6.07) is 18.2. The molecule has 0 spiro atoms. The average molecular weight is 266 g/mol. The second-order valence-electron chi connectivity index (χ2n) is 5.07. The molecule has 102 valence electrons. The fourth-order valence-corrected chi connectivity index (χ4v) is 2.57. The van der Waals surface area contributed by atoms with Gasteiger partial charge in [0, 0.05) is 12.4 Å². The minimum Gasteiger partial charge on any atom is -0.387 e. The molecule has 1 heterocycles. The van der Waals surface area contributed by atoms with Crippen molar-refractivity contribution in [2.24, 2.45) is 7.05 Å². The van der Waals surface area contributed by atoms with Crippen LogP contribution >= 0.6 is 0 Å². The molecule has 1 unspecified atom stereocenters. The number of aliphatic hydroxyl groups excluding tert-OH is 1. The normalized spacial score (nSPS) is 12.7. The number of hydrogen-bond acceptors (Lipinski definition) is 2. The maximum absolute atomic E-state index is 10.4.